The van der Waals surface area contributed by atoms with Crippen LogP contribution >= 0.6 is 0 Å². The first-order valence-corrected chi connectivity index (χ1v) is 6.63. The van der Waals surface area contributed by atoms with Crippen molar-refractivity contribution in [2.45, 2.75) is 0 Å². The minimum Gasteiger partial charge on any atom is -0.497 e. The molecule has 0 heterocycles. The molecule has 2 aromatic rings. The number of rotatable bonds is 5. The number of nitrogens with one attached hydrogen (secondary N) is 1. The van der Waals surface area contributed by atoms with E-state index < -0.39 is 7.12 Å². The largest absolute Gasteiger partial charge is 0.497 e. The Balaban J connectivity index is 2.24. The summed E-state index contributed by atoms with van der Waals surface area (Å²) in [5, 5.41) is 21.6. The van der Waals surface area contributed by atoms with Gasteiger partial charge in [-0.1, -0.05) is 30.4 Å². The molecule has 2 rings (SSSR count). The fourth-order valence-electron chi connectivity index (χ4n) is 1.97. The van der Waals surface area contributed by atoms with Crippen molar-refractivity contribution in [2.24, 2.45) is 0 Å². The maximum atomic E-state index is 9.30. The van der Waals surface area contributed by atoms with Crippen LogP contribution < -0.4 is 15.5 Å². The van der Waals surface area contributed by atoms with Crippen molar-refractivity contribution >= 4 is 30.4 Å². The SMILES string of the molecule is CNc1cc(/C=C/c2ccc(OC)cc2)cc(B(O)O)c1. The predicted molar refractivity (Wildman–Crippen MR) is 87.7 cm³/mol. The van der Waals surface area contributed by atoms with Crippen molar-refractivity contribution in [3.8, 4) is 5.75 Å². The second kappa shape index (κ2) is 6.97. The van der Waals surface area contributed by atoms with Crippen molar-refractivity contribution in [1.82, 2.24) is 0 Å². The third-order valence-corrected chi connectivity index (χ3v) is 3.15. The first-order valence-electron chi connectivity index (χ1n) is 6.63. The molecule has 0 aliphatic rings. The van der Waals surface area contributed by atoms with Crippen molar-refractivity contribution in [2.75, 3.05) is 19.5 Å². The van der Waals surface area contributed by atoms with Gasteiger partial charge in [-0.2, -0.15) is 0 Å². The van der Waals surface area contributed by atoms with Crippen LogP contribution in [0.1, 0.15) is 11.1 Å². The van der Waals surface area contributed by atoms with E-state index in [4.69, 9.17) is 4.74 Å². The maximum absolute atomic E-state index is 9.30. The molecule has 0 spiro atoms. The van der Waals surface area contributed by atoms with Gasteiger partial charge < -0.3 is 20.1 Å². The maximum Gasteiger partial charge on any atom is 0.488 e. The Bertz CT molecular complexity index is 624. The summed E-state index contributed by atoms with van der Waals surface area (Å²) in [5.41, 5.74) is 3.21. The van der Waals surface area contributed by atoms with E-state index in [-0.39, 0.29) is 0 Å². The monoisotopic (exact) mass is 283 g/mol. The highest BCUT2D eigenvalue weighted by Crippen LogP contribution is 2.15. The molecule has 0 bridgehead atoms. The van der Waals surface area contributed by atoms with Crippen molar-refractivity contribution < 1.29 is 14.8 Å². The average molecular weight is 283 g/mol. The third kappa shape index (κ3) is 4.11. The minimum atomic E-state index is -1.48. The molecule has 0 aliphatic carbocycles. The van der Waals surface area contributed by atoms with E-state index in [9.17, 15) is 10.0 Å². The standard InChI is InChI=1S/C16H18BNO3/c1-18-15-10-13(9-14(11-15)17(19)20)4-3-12-5-7-16(21-2)8-6-12/h3-11,18-20H,1-2H3/b4-3+. The zero-order valence-electron chi connectivity index (χ0n) is 12.1. The summed E-state index contributed by atoms with van der Waals surface area (Å²) < 4.78 is 5.12. The Labute approximate surface area is 124 Å². The molecule has 0 radical (unpaired) electrons. The van der Waals surface area contributed by atoms with Crippen LogP contribution in [-0.2, 0) is 0 Å². The van der Waals surface area contributed by atoms with E-state index in [1.165, 1.54) is 0 Å². The molecule has 0 unspecified atom stereocenters. The fourth-order valence-corrected chi connectivity index (χ4v) is 1.97. The van der Waals surface area contributed by atoms with Crippen LogP contribution in [0.15, 0.2) is 42.5 Å². The van der Waals surface area contributed by atoms with E-state index in [2.05, 4.69) is 5.32 Å². The Morgan fingerprint density at radius 2 is 1.67 bits per heavy atom. The molecule has 5 heteroatoms. The van der Waals surface area contributed by atoms with Crippen LogP contribution in [0.3, 0.4) is 0 Å². The third-order valence-electron chi connectivity index (χ3n) is 3.15. The molecule has 3 N–H and O–H groups in total. The van der Waals surface area contributed by atoms with Crippen LogP contribution in [0, 0.1) is 0 Å². The van der Waals surface area contributed by atoms with Crippen molar-refractivity contribution in [3.63, 3.8) is 0 Å². The van der Waals surface area contributed by atoms with Gasteiger partial charge in [0, 0.05) is 12.7 Å². The summed E-state index contributed by atoms with van der Waals surface area (Å²) in [6.45, 7) is 0. The number of benzene rings is 2. The van der Waals surface area contributed by atoms with Gasteiger partial charge in [-0.05, 0) is 40.9 Å². The van der Waals surface area contributed by atoms with Gasteiger partial charge in [-0.15, -0.1) is 0 Å². The first kappa shape index (κ1) is 15.2. The number of hydrogen-bond donors (Lipinski definition) is 3. The normalized spacial score (nSPS) is 10.7. The molecule has 21 heavy (non-hydrogen) atoms. The lowest BCUT2D eigenvalue weighted by atomic mass is 9.79. The Morgan fingerprint density at radius 3 is 2.24 bits per heavy atom. The quantitative estimate of drug-likeness (QED) is 0.576. The number of methoxy groups -OCH3 is 1. The summed E-state index contributed by atoms with van der Waals surface area (Å²) >= 11 is 0. The topological polar surface area (TPSA) is 61.7 Å². The number of hydrogen-bond acceptors (Lipinski definition) is 4. The smallest absolute Gasteiger partial charge is 0.488 e. The van der Waals surface area contributed by atoms with Gasteiger partial charge in [0.25, 0.3) is 0 Å². The van der Waals surface area contributed by atoms with Crippen LogP contribution in [-0.4, -0.2) is 31.3 Å². The zero-order valence-corrected chi connectivity index (χ0v) is 12.1. The lowest BCUT2D eigenvalue weighted by Crippen LogP contribution is -2.30. The van der Waals surface area contributed by atoms with E-state index in [0.29, 0.717) is 5.46 Å². The van der Waals surface area contributed by atoms with E-state index in [1.54, 1.807) is 26.3 Å². The molecule has 0 saturated heterocycles. The van der Waals surface area contributed by atoms with Crippen LogP contribution in [0.5, 0.6) is 5.75 Å². The van der Waals surface area contributed by atoms with Crippen LogP contribution in [0.2, 0.25) is 0 Å². The summed E-state index contributed by atoms with van der Waals surface area (Å²) in [5.74, 6) is 0.815. The molecule has 0 aliphatic heterocycles. The Hall–Kier alpha value is -2.24. The molecular weight excluding hydrogens is 265 g/mol. The molecule has 0 amide bonds. The average Bonchev–Trinajstić information content (AvgIpc) is 2.53. The summed E-state index contributed by atoms with van der Waals surface area (Å²) in [7, 11) is 1.95. The summed E-state index contributed by atoms with van der Waals surface area (Å²) in [6.07, 6.45) is 3.89. The number of anilines is 1. The molecule has 2 aromatic carbocycles. The molecule has 0 atom stereocenters. The van der Waals surface area contributed by atoms with Gasteiger partial charge in [0.2, 0.25) is 0 Å². The predicted octanol–water partition coefficient (Wildman–Crippen LogP) is 1.59. The molecule has 108 valence electrons. The Morgan fingerprint density at radius 1 is 1.00 bits per heavy atom. The van der Waals surface area contributed by atoms with Gasteiger partial charge in [0.15, 0.2) is 0 Å². The second-order valence-electron chi connectivity index (χ2n) is 4.62. The minimum absolute atomic E-state index is 0.455. The highest BCUT2D eigenvalue weighted by Gasteiger charge is 2.11. The summed E-state index contributed by atoms with van der Waals surface area (Å²) in [6, 6.07) is 13.1. The molecule has 0 fully saturated rings. The first-order chi connectivity index (χ1) is 10.1. The van der Waals surface area contributed by atoms with Gasteiger partial charge >= 0.3 is 7.12 Å². The Kier molecular flexibility index (Phi) is 5.03. The van der Waals surface area contributed by atoms with Crippen LogP contribution in [0.4, 0.5) is 5.69 Å². The van der Waals surface area contributed by atoms with Crippen molar-refractivity contribution in [3.05, 3.63) is 53.6 Å². The van der Waals surface area contributed by atoms with Crippen molar-refractivity contribution in [1.29, 1.82) is 0 Å². The van der Waals surface area contributed by atoms with Gasteiger partial charge in [-0.3, -0.25) is 0 Å². The van der Waals surface area contributed by atoms with Gasteiger partial charge in [0.1, 0.15) is 5.75 Å². The lowest BCUT2D eigenvalue weighted by Gasteiger charge is -2.07. The van der Waals surface area contributed by atoms with Gasteiger partial charge in [0.05, 0.1) is 7.11 Å². The van der Waals surface area contributed by atoms with Gasteiger partial charge in [-0.25, -0.2) is 0 Å². The number of ether oxygens (including phenoxy) is 1. The van der Waals surface area contributed by atoms with E-state index in [1.807, 2.05) is 42.5 Å². The zero-order chi connectivity index (χ0) is 15.2. The molecule has 4 nitrogen and oxygen atoms in total. The summed E-state index contributed by atoms with van der Waals surface area (Å²) in [4.78, 5) is 0. The molecular formula is C16H18BNO3. The van der Waals surface area contributed by atoms with Crippen LogP contribution in [0.25, 0.3) is 12.2 Å². The highest BCUT2D eigenvalue weighted by atomic mass is 16.5. The lowest BCUT2D eigenvalue weighted by molar-refractivity contribution is 0.415. The highest BCUT2D eigenvalue weighted by molar-refractivity contribution is 6.58. The van der Waals surface area contributed by atoms with E-state index in [0.717, 1.165) is 22.6 Å². The molecule has 0 aromatic heterocycles. The second-order valence-corrected chi connectivity index (χ2v) is 4.62. The molecule has 0 saturated carbocycles. The van der Waals surface area contributed by atoms with E-state index >= 15 is 0 Å². The fraction of sp³-hybridized carbons (Fsp3) is 0.125.